The molecular formula is C15H21N3O8. The lowest BCUT2D eigenvalue weighted by Gasteiger charge is -2.25. The summed E-state index contributed by atoms with van der Waals surface area (Å²) in [7, 11) is 0. The quantitative estimate of drug-likeness (QED) is 0.211. The molecule has 0 unspecified atom stereocenters. The monoisotopic (exact) mass is 371 g/mol. The topological polar surface area (TPSA) is 154 Å². The second-order valence-electron chi connectivity index (χ2n) is 5.71. The Morgan fingerprint density at radius 2 is 1.35 bits per heavy atom. The van der Waals surface area contributed by atoms with Crippen molar-refractivity contribution in [1.29, 1.82) is 0 Å². The number of esters is 4. The summed E-state index contributed by atoms with van der Waals surface area (Å²) >= 11 is 0. The molecule has 0 aromatic carbocycles. The molecule has 0 bridgehead atoms. The summed E-state index contributed by atoms with van der Waals surface area (Å²) in [4.78, 5) is 48.1. The summed E-state index contributed by atoms with van der Waals surface area (Å²) in [5.41, 5.74) is 8.83. The Labute approximate surface area is 149 Å². The molecule has 11 heteroatoms. The highest BCUT2D eigenvalue weighted by atomic mass is 16.6. The molecule has 0 aliphatic heterocycles. The van der Waals surface area contributed by atoms with Gasteiger partial charge in [0.25, 0.3) is 0 Å². The van der Waals surface area contributed by atoms with Gasteiger partial charge in [-0.15, -0.1) is 0 Å². The van der Waals surface area contributed by atoms with Gasteiger partial charge in [0.1, 0.15) is 18.2 Å². The van der Waals surface area contributed by atoms with Gasteiger partial charge in [0, 0.05) is 38.5 Å². The molecular weight excluding hydrogens is 350 g/mol. The molecule has 0 heterocycles. The van der Waals surface area contributed by atoms with Gasteiger partial charge in [0.2, 0.25) is 0 Å². The van der Waals surface area contributed by atoms with Crippen LogP contribution in [0.4, 0.5) is 0 Å². The summed E-state index contributed by atoms with van der Waals surface area (Å²) in [6.07, 6.45) is -3.07. The zero-order chi connectivity index (χ0) is 19.9. The number of hydrogen-bond acceptors (Lipinski definition) is 9. The van der Waals surface area contributed by atoms with E-state index < -0.39 is 54.1 Å². The molecule has 1 aliphatic rings. The van der Waals surface area contributed by atoms with E-state index in [0.717, 1.165) is 20.8 Å². The first kappa shape index (κ1) is 21.2. The zero-order valence-corrected chi connectivity index (χ0v) is 14.9. The highest BCUT2D eigenvalue weighted by Gasteiger charge is 2.55. The van der Waals surface area contributed by atoms with Gasteiger partial charge >= 0.3 is 23.9 Å². The van der Waals surface area contributed by atoms with E-state index in [0.29, 0.717) is 0 Å². The molecule has 5 atom stereocenters. The van der Waals surface area contributed by atoms with Gasteiger partial charge < -0.3 is 18.9 Å². The Hall–Kier alpha value is -2.81. The normalized spacial score (nSPS) is 27.0. The van der Waals surface area contributed by atoms with E-state index in [9.17, 15) is 19.2 Å². The molecule has 0 radical (unpaired) electrons. The molecule has 0 spiro atoms. The highest BCUT2D eigenvalue weighted by Crippen LogP contribution is 2.38. The van der Waals surface area contributed by atoms with Gasteiger partial charge in [-0.2, -0.15) is 0 Å². The number of rotatable bonds is 7. The first-order chi connectivity index (χ1) is 12.2. The molecule has 0 N–H and O–H groups in total. The number of hydrogen-bond donors (Lipinski definition) is 0. The van der Waals surface area contributed by atoms with Gasteiger partial charge in [0.15, 0.2) is 6.10 Å². The Bertz CT molecular complexity index is 616. The standard InChI is InChI=1S/C15H21N3O8/c1-7(19)23-6-5-11-13(24-8(2)20)12(17-18-16)15(26-10(4)22)14(11)25-9(3)21/h11-15H,5-6H2,1-4H3/t11-,12+,13-,14-,15-/m1/s1. The third-order valence-electron chi connectivity index (χ3n) is 3.69. The molecule has 0 aromatic rings. The van der Waals surface area contributed by atoms with Crippen LogP contribution >= 0.6 is 0 Å². The van der Waals surface area contributed by atoms with Crippen molar-refractivity contribution in [3.8, 4) is 0 Å². The van der Waals surface area contributed by atoms with Gasteiger partial charge in [-0.3, -0.25) is 19.2 Å². The van der Waals surface area contributed by atoms with E-state index in [1.54, 1.807) is 0 Å². The molecule has 0 amide bonds. The lowest BCUT2D eigenvalue weighted by molar-refractivity contribution is -0.166. The highest BCUT2D eigenvalue weighted by molar-refractivity contribution is 5.68. The van der Waals surface area contributed by atoms with Crippen LogP contribution in [-0.4, -0.2) is 54.8 Å². The average molecular weight is 371 g/mol. The third-order valence-corrected chi connectivity index (χ3v) is 3.69. The van der Waals surface area contributed by atoms with Crippen LogP contribution in [0.5, 0.6) is 0 Å². The van der Waals surface area contributed by atoms with Crippen molar-refractivity contribution < 1.29 is 38.1 Å². The smallest absolute Gasteiger partial charge is 0.303 e. The van der Waals surface area contributed by atoms with Crippen molar-refractivity contribution in [2.24, 2.45) is 11.0 Å². The maximum atomic E-state index is 11.5. The van der Waals surface area contributed by atoms with Gasteiger partial charge in [-0.1, -0.05) is 5.11 Å². The molecule has 144 valence electrons. The van der Waals surface area contributed by atoms with Crippen LogP contribution in [0.15, 0.2) is 5.11 Å². The first-order valence-electron chi connectivity index (χ1n) is 7.86. The summed E-state index contributed by atoms with van der Waals surface area (Å²) in [6, 6.07) is -1.10. The molecule has 1 rings (SSSR count). The molecule has 11 nitrogen and oxygen atoms in total. The zero-order valence-electron chi connectivity index (χ0n) is 14.9. The fourth-order valence-electron chi connectivity index (χ4n) is 2.95. The number of carbonyl (C=O) groups excluding carboxylic acids is 4. The van der Waals surface area contributed by atoms with Crippen molar-refractivity contribution >= 4 is 23.9 Å². The van der Waals surface area contributed by atoms with E-state index in [4.69, 9.17) is 24.5 Å². The van der Waals surface area contributed by atoms with Crippen LogP contribution in [0.25, 0.3) is 10.4 Å². The molecule has 1 fully saturated rings. The Balaban J connectivity index is 3.24. The van der Waals surface area contributed by atoms with Gasteiger partial charge in [-0.25, -0.2) is 0 Å². The van der Waals surface area contributed by atoms with E-state index in [-0.39, 0.29) is 13.0 Å². The minimum absolute atomic E-state index is 0.0503. The SMILES string of the molecule is CC(=O)OCC[C@@H]1[C@@H](OC(C)=O)[C@H](N=[N+]=[N-])[C@@H](OC(C)=O)[C@@H]1OC(C)=O. The summed E-state index contributed by atoms with van der Waals surface area (Å²) in [6.45, 7) is 4.65. The average Bonchev–Trinajstić information content (AvgIpc) is 2.72. The second-order valence-corrected chi connectivity index (χ2v) is 5.71. The van der Waals surface area contributed by atoms with Crippen LogP contribution in [0.1, 0.15) is 34.1 Å². The van der Waals surface area contributed by atoms with Crippen molar-refractivity contribution in [3.05, 3.63) is 10.4 Å². The van der Waals surface area contributed by atoms with E-state index in [1.807, 2.05) is 0 Å². The van der Waals surface area contributed by atoms with Crippen LogP contribution in [0, 0.1) is 5.92 Å². The van der Waals surface area contributed by atoms with Gasteiger partial charge in [0.05, 0.1) is 6.61 Å². The predicted octanol–water partition coefficient (Wildman–Crippen LogP) is 1.04. The fraction of sp³-hybridized carbons (Fsp3) is 0.733. The molecule has 26 heavy (non-hydrogen) atoms. The number of carbonyl (C=O) groups is 4. The van der Waals surface area contributed by atoms with Crippen LogP contribution in [-0.2, 0) is 38.1 Å². The Morgan fingerprint density at radius 3 is 1.81 bits per heavy atom. The number of nitrogens with zero attached hydrogens (tertiary/aromatic N) is 3. The maximum absolute atomic E-state index is 11.5. The van der Waals surface area contributed by atoms with Crippen molar-refractivity contribution in [1.82, 2.24) is 0 Å². The van der Waals surface area contributed by atoms with Crippen molar-refractivity contribution in [3.63, 3.8) is 0 Å². The lowest BCUT2D eigenvalue weighted by atomic mass is 9.99. The maximum Gasteiger partial charge on any atom is 0.303 e. The first-order valence-corrected chi connectivity index (χ1v) is 7.86. The molecule has 0 saturated heterocycles. The largest absolute Gasteiger partial charge is 0.466 e. The minimum Gasteiger partial charge on any atom is -0.466 e. The van der Waals surface area contributed by atoms with Crippen molar-refractivity contribution in [2.45, 2.75) is 58.5 Å². The summed E-state index contributed by atoms with van der Waals surface area (Å²) < 4.78 is 20.6. The Kier molecular flexibility index (Phi) is 7.85. The van der Waals surface area contributed by atoms with E-state index in [2.05, 4.69) is 10.0 Å². The molecule has 1 aliphatic carbocycles. The fourth-order valence-corrected chi connectivity index (χ4v) is 2.95. The van der Waals surface area contributed by atoms with Gasteiger partial charge in [-0.05, 0) is 12.0 Å². The van der Waals surface area contributed by atoms with Crippen LogP contribution < -0.4 is 0 Å². The summed E-state index contributed by atoms with van der Waals surface area (Å²) in [5.74, 6) is -3.22. The second kappa shape index (κ2) is 9.62. The van der Waals surface area contributed by atoms with E-state index in [1.165, 1.54) is 6.92 Å². The predicted molar refractivity (Wildman–Crippen MR) is 84.3 cm³/mol. The Morgan fingerprint density at radius 1 is 0.846 bits per heavy atom. The van der Waals surface area contributed by atoms with E-state index >= 15 is 0 Å². The third kappa shape index (κ3) is 5.92. The summed E-state index contributed by atoms with van der Waals surface area (Å²) in [5, 5.41) is 3.57. The molecule has 0 aromatic heterocycles. The number of ether oxygens (including phenoxy) is 4. The molecule has 1 saturated carbocycles. The lowest BCUT2D eigenvalue weighted by Crippen LogP contribution is -2.38. The van der Waals surface area contributed by atoms with Crippen LogP contribution in [0.2, 0.25) is 0 Å². The van der Waals surface area contributed by atoms with Crippen molar-refractivity contribution in [2.75, 3.05) is 6.61 Å². The number of azide groups is 1. The minimum atomic E-state index is -1.14. The van der Waals surface area contributed by atoms with Crippen LogP contribution in [0.3, 0.4) is 0 Å².